The molecular weight excluding hydrogens is 321 g/mol. The van der Waals surface area contributed by atoms with Gasteiger partial charge in [-0.15, -0.1) is 24.8 Å². The van der Waals surface area contributed by atoms with Crippen molar-refractivity contribution in [2.45, 2.75) is 50.2 Å². The molecule has 22 heavy (non-hydrogen) atoms. The molecule has 2 atom stereocenters. The maximum Gasteiger partial charge on any atom is 0.251 e. The Bertz CT molecular complexity index is 498. The molecule has 3 rings (SSSR count). The maximum atomic E-state index is 12.3. The summed E-state index contributed by atoms with van der Waals surface area (Å²) in [6, 6.07) is 8.76. The highest BCUT2D eigenvalue weighted by Gasteiger charge is 2.36. The number of hydrogen-bond donors (Lipinski definition) is 2. The third-order valence-electron chi connectivity index (χ3n) is 4.82. The topological polar surface area (TPSA) is 58.4 Å². The molecule has 4 nitrogen and oxygen atoms in total. The molecule has 1 amide bonds. The van der Waals surface area contributed by atoms with Crippen LogP contribution in [0.1, 0.15) is 42.5 Å². The molecule has 2 aliphatic heterocycles. The van der Waals surface area contributed by atoms with Crippen molar-refractivity contribution in [2.75, 3.05) is 12.8 Å². The fourth-order valence-electron chi connectivity index (χ4n) is 3.68. The van der Waals surface area contributed by atoms with E-state index in [0.717, 1.165) is 12.8 Å². The summed E-state index contributed by atoms with van der Waals surface area (Å²) in [6.07, 6.45) is 5.99. The molecule has 3 N–H and O–H groups in total. The van der Waals surface area contributed by atoms with Gasteiger partial charge in [-0.05, 0) is 50.9 Å². The SMILES string of the molecule is CN1C2CCCC1CC(NC(=O)c1cccc(N)c1)C2.Cl.Cl. The number of anilines is 1. The van der Waals surface area contributed by atoms with Crippen LogP contribution in [0.25, 0.3) is 0 Å². The second-order valence-electron chi connectivity index (χ2n) is 6.17. The fourth-order valence-corrected chi connectivity index (χ4v) is 3.68. The summed E-state index contributed by atoms with van der Waals surface area (Å²) >= 11 is 0. The lowest BCUT2D eigenvalue weighted by Gasteiger charge is -2.47. The van der Waals surface area contributed by atoms with E-state index in [-0.39, 0.29) is 30.7 Å². The van der Waals surface area contributed by atoms with E-state index in [4.69, 9.17) is 5.73 Å². The number of piperidine rings is 2. The van der Waals surface area contributed by atoms with Crippen LogP contribution in [0.3, 0.4) is 0 Å². The lowest BCUT2D eigenvalue weighted by molar-refractivity contribution is 0.0463. The number of nitrogens with zero attached hydrogens (tertiary/aromatic N) is 1. The van der Waals surface area contributed by atoms with E-state index >= 15 is 0 Å². The monoisotopic (exact) mass is 345 g/mol. The molecule has 2 unspecified atom stereocenters. The molecule has 6 heteroatoms. The molecule has 0 saturated carbocycles. The largest absolute Gasteiger partial charge is 0.399 e. The molecule has 1 aromatic rings. The third-order valence-corrected chi connectivity index (χ3v) is 4.82. The summed E-state index contributed by atoms with van der Waals surface area (Å²) in [7, 11) is 2.23. The van der Waals surface area contributed by atoms with Crippen LogP contribution in [0, 0.1) is 0 Å². The Labute approximate surface area is 144 Å². The summed E-state index contributed by atoms with van der Waals surface area (Å²) < 4.78 is 0. The first-order chi connectivity index (χ1) is 9.63. The standard InChI is InChI=1S/C16H23N3O.2ClH/c1-19-14-6-3-7-15(19)10-13(9-14)18-16(20)11-4-2-5-12(17)8-11;;/h2,4-5,8,13-15H,3,6-7,9-10,17H2,1H3,(H,18,20);2*1H. The van der Waals surface area contributed by atoms with Gasteiger partial charge in [-0.3, -0.25) is 4.79 Å². The Kier molecular flexibility index (Phi) is 6.98. The van der Waals surface area contributed by atoms with E-state index < -0.39 is 0 Å². The van der Waals surface area contributed by atoms with Crippen molar-refractivity contribution < 1.29 is 4.79 Å². The summed E-state index contributed by atoms with van der Waals surface area (Å²) in [4.78, 5) is 14.8. The first-order valence-electron chi connectivity index (χ1n) is 7.52. The van der Waals surface area contributed by atoms with Crippen molar-refractivity contribution >= 4 is 36.4 Å². The third kappa shape index (κ3) is 4.06. The van der Waals surface area contributed by atoms with Crippen molar-refractivity contribution in [3.63, 3.8) is 0 Å². The number of nitrogens with one attached hydrogen (secondary N) is 1. The van der Waals surface area contributed by atoms with Crippen LogP contribution in [0.2, 0.25) is 0 Å². The van der Waals surface area contributed by atoms with Gasteiger partial charge in [-0.2, -0.15) is 0 Å². The molecular formula is C16H25Cl2N3O. The van der Waals surface area contributed by atoms with Gasteiger partial charge >= 0.3 is 0 Å². The first-order valence-corrected chi connectivity index (χ1v) is 7.52. The summed E-state index contributed by atoms with van der Waals surface area (Å²) in [5, 5.41) is 3.19. The van der Waals surface area contributed by atoms with E-state index in [9.17, 15) is 4.79 Å². The van der Waals surface area contributed by atoms with Crippen LogP contribution in [-0.4, -0.2) is 36.0 Å². The Morgan fingerprint density at radius 2 is 1.86 bits per heavy atom. The van der Waals surface area contributed by atoms with E-state index in [1.54, 1.807) is 12.1 Å². The Hall–Kier alpha value is -0.970. The number of amides is 1. The minimum absolute atomic E-state index is 0. The van der Waals surface area contributed by atoms with E-state index in [2.05, 4.69) is 17.3 Å². The highest BCUT2D eigenvalue weighted by atomic mass is 35.5. The van der Waals surface area contributed by atoms with Crippen LogP contribution in [0.4, 0.5) is 5.69 Å². The molecule has 1 aromatic carbocycles. The highest BCUT2D eigenvalue weighted by Crippen LogP contribution is 2.32. The minimum atomic E-state index is 0. The molecule has 0 radical (unpaired) electrons. The van der Waals surface area contributed by atoms with Gasteiger partial charge in [0.15, 0.2) is 0 Å². The molecule has 124 valence electrons. The zero-order valence-corrected chi connectivity index (χ0v) is 14.5. The average Bonchev–Trinajstić information content (AvgIpc) is 2.40. The molecule has 0 aromatic heterocycles. The maximum absolute atomic E-state index is 12.3. The number of halogens is 2. The predicted octanol–water partition coefficient (Wildman–Crippen LogP) is 2.86. The van der Waals surface area contributed by atoms with Crippen molar-refractivity contribution in [3.8, 4) is 0 Å². The van der Waals surface area contributed by atoms with Gasteiger partial charge in [0, 0.05) is 29.4 Å². The van der Waals surface area contributed by atoms with Gasteiger partial charge in [0.25, 0.3) is 5.91 Å². The number of nitrogen functional groups attached to an aromatic ring is 1. The molecule has 2 fully saturated rings. The average molecular weight is 346 g/mol. The van der Waals surface area contributed by atoms with Crippen LogP contribution >= 0.6 is 24.8 Å². The van der Waals surface area contributed by atoms with E-state index in [0.29, 0.717) is 29.4 Å². The molecule has 0 aliphatic carbocycles. The normalized spacial score (nSPS) is 27.2. The van der Waals surface area contributed by atoms with Crippen molar-refractivity contribution in [1.29, 1.82) is 0 Å². The number of carbonyl (C=O) groups excluding carboxylic acids is 1. The summed E-state index contributed by atoms with van der Waals surface area (Å²) in [5.74, 6) is 0.00456. The van der Waals surface area contributed by atoms with Gasteiger partial charge in [0.2, 0.25) is 0 Å². The summed E-state index contributed by atoms with van der Waals surface area (Å²) in [5.41, 5.74) is 7.03. The number of nitrogens with two attached hydrogens (primary N) is 1. The lowest BCUT2D eigenvalue weighted by atomic mass is 9.82. The van der Waals surface area contributed by atoms with Crippen molar-refractivity contribution in [3.05, 3.63) is 29.8 Å². The smallest absolute Gasteiger partial charge is 0.251 e. The molecule has 2 aliphatic rings. The van der Waals surface area contributed by atoms with Crippen LogP contribution in [-0.2, 0) is 0 Å². The zero-order valence-electron chi connectivity index (χ0n) is 12.8. The zero-order chi connectivity index (χ0) is 14.1. The molecule has 2 heterocycles. The number of rotatable bonds is 2. The van der Waals surface area contributed by atoms with Crippen LogP contribution < -0.4 is 11.1 Å². The van der Waals surface area contributed by atoms with Gasteiger partial charge in [-0.1, -0.05) is 12.5 Å². The van der Waals surface area contributed by atoms with Crippen LogP contribution in [0.15, 0.2) is 24.3 Å². The highest BCUT2D eigenvalue weighted by molar-refractivity contribution is 5.95. The molecule has 0 spiro atoms. The van der Waals surface area contributed by atoms with Gasteiger partial charge < -0.3 is 16.0 Å². The van der Waals surface area contributed by atoms with Gasteiger partial charge in [0.05, 0.1) is 0 Å². The fraction of sp³-hybridized carbons (Fsp3) is 0.562. The van der Waals surface area contributed by atoms with E-state index in [1.807, 2.05) is 12.1 Å². The number of benzene rings is 1. The minimum Gasteiger partial charge on any atom is -0.399 e. The van der Waals surface area contributed by atoms with Crippen molar-refractivity contribution in [1.82, 2.24) is 10.2 Å². The predicted molar refractivity (Wildman–Crippen MR) is 95.0 cm³/mol. The van der Waals surface area contributed by atoms with Crippen molar-refractivity contribution in [2.24, 2.45) is 0 Å². The first kappa shape index (κ1) is 19.1. The molecule has 2 bridgehead atoms. The number of carbonyl (C=O) groups is 1. The van der Waals surface area contributed by atoms with Gasteiger partial charge in [-0.25, -0.2) is 0 Å². The van der Waals surface area contributed by atoms with E-state index in [1.165, 1.54) is 19.3 Å². The lowest BCUT2D eigenvalue weighted by Crippen LogP contribution is -2.55. The number of fused-ring (bicyclic) bond motifs is 2. The number of hydrogen-bond acceptors (Lipinski definition) is 3. The molecule has 2 saturated heterocycles. The summed E-state index contributed by atoms with van der Waals surface area (Å²) in [6.45, 7) is 0. The Morgan fingerprint density at radius 1 is 1.23 bits per heavy atom. The Morgan fingerprint density at radius 3 is 2.45 bits per heavy atom. The van der Waals surface area contributed by atoms with Crippen LogP contribution in [0.5, 0.6) is 0 Å². The Balaban J connectivity index is 0.00000121. The second kappa shape index (κ2) is 8.04. The second-order valence-corrected chi connectivity index (χ2v) is 6.17. The van der Waals surface area contributed by atoms with Gasteiger partial charge in [0.1, 0.15) is 0 Å². The quantitative estimate of drug-likeness (QED) is 0.810.